The second-order valence-electron chi connectivity index (χ2n) is 7.47. The zero-order chi connectivity index (χ0) is 20.6. The molecule has 3 rings (SSSR count). The molecule has 0 aliphatic carbocycles. The smallest absolute Gasteiger partial charge is 0.238 e. The summed E-state index contributed by atoms with van der Waals surface area (Å²) in [5.74, 6) is 0.185. The van der Waals surface area contributed by atoms with Crippen LogP contribution in [-0.2, 0) is 16.0 Å². The molecule has 6 heteroatoms. The van der Waals surface area contributed by atoms with E-state index >= 15 is 0 Å². The van der Waals surface area contributed by atoms with Gasteiger partial charge in [0.2, 0.25) is 5.91 Å². The first kappa shape index (κ1) is 21.1. The molecule has 0 bridgehead atoms. The molecule has 0 spiro atoms. The maximum Gasteiger partial charge on any atom is 0.238 e. The summed E-state index contributed by atoms with van der Waals surface area (Å²) in [5, 5.41) is 6.07. The zero-order valence-corrected chi connectivity index (χ0v) is 17.2. The van der Waals surface area contributed by atoms with Crippen LogP contribution >= 0.6 is 0 Å². The molecule has 2 N–H and O–H groups in total. The molecule has 1 saturated heterocycles. The van der Waals surface area contributed by atoms with Gasteiger partial charge in [0.15, 0.2) is 5.78 Å². The lowest BCUT2D eigenvalue weighted by molar-refractivity contribution is -0.115. The van der Waals surface area contributed by atoms with Crippen molar-refractivity contribution >= 4 is 17.4 Å². The molecule has 2 aromatic rings. The number of pyridine rings is 1. The molecule has 1 fully saturated rings. The number of nitrogens with zero attached hydrogens (tertiary/aromatic N) is 1. The largest absolute Gasteiger partial charge is 0.381 e. The van der Waals surface area contributed by atoms with E-state index in [0.29, 0.717) is 11.6 Å². The minimum Gasteiger partial charge on any atom is -0.381 e. The van der Waals surface area contributed by atoms with Crippen LogP contribution in [0.4, 0.5) is 5.69 Å². The number of anilines is 1. The predicted octanol–water partition coefficient (Wildman–Crippen LogP) is 3.47. The fraction of sp³-hybridized carbons (Fsp3) is 0.435. The van der Waals surface area contributed by atoms with Crippen molar-refractivity contribution < 1.29 is 14.3 Å². The highest BCUT2D eigenvalue weighted by Crippen LogP contribution is 2.25. The van der Waals surface area contributed by atoms with Crippen LogP contribution in [0.25, 0.3) is 11.1 Å². The van der Waals surface area contributed by atoms with E-state index in [2.05, 4.69) is 34.7 Å². The third-order valence-electron chi connectivity index (χ3n) is 5.22. The Kier molecular flexibility index (Phi) is 7.49. The van der Waals surface area contributed by atoms with Gasteiger partial charge in [-0.15, -0.1) is 0 Å². The Morgan fingerprint density at radius 3 is 2.69 bits per heavy atom. The van der Waals surface area contributed by atoms with Gasteiger partial charge in [0.25, 0.3) is 0 Å². The van der Waals surface area contributed by atoms with Crippen molar-refractivity contribution in [2.24, 2.45) is 5.92 Å². The minimum absolute atomic E-state index is 0.177. The Morgan fingerprint density at radius 2 is 1.97 bits per heavy atom. The molecule has 154 valence electrons. The van der Waals surface area contributed by atoms with Crippen LogP contribution < -0.4 is 10.6 Å². The molecule has 1 aliphatic rings. The van der Waals surface area contributed by atoms with E-state index in [0.717, 1.165) is 50.1 Å². The van der Waals surface area contributed by atoms with Gasteiger partial charge in [0.1, 0.15) is 5.69 Å². The average molecular weight is 396 g/mol. The van der Waals surface area contributed by atoms with E-state index < -0.39 is 0 Å². The van der Waals surface area contributed by atoms with Gasteiger partial charge in [0, 0.05) is 31.9 Å². The van der Waals surface area contributed by atoms with Gasteiger partial charge in [-0.3, -0.25) is 14.6 Å². The van der Waals surface area contributed by atoms with Crippen LogP contribution in [-0.4, -0.2) is 43.0 Å². The molecular formula is C23H29N3O3. The van der Waals surface area contributed by atoms with Crippen molar-refractivity contribution in [1.29, 1.82) is 0 Å². The van der Waals surface area contributed by atoms with E-state index in [-0.39, 0.29) is 23.9 Å². The molecule has 6 nitrogen and oxygen atoms in total. The van der Waals surface area contributed by atoms with E-state index in [1.165, 1.54) is 12.5 Å². The van der Waals surface area contributed by atoms with Crippen LogP contribution in [0.2, 0.25) is 0 Å². The number of ether oxygens (including phenoxy) is 1. The van der Waals surface area contributed by atoms with Gasteiger partial charge in [0.05, 0.1) is 12.2 Å². The lowest BCUT2D eigenvalue weighted by atomic mass is 10.0. The van der Waals surface area contributed by atoms with Crippen LogP contribution in [0, 0.1) is 5.92 Å². The number of aryl methyl sites for hydroxylation is 1. The summed E-state index contributed by atoms with van der Waals surface area (Å²) in [4.78, 5) is 28.7. The molecule has 0 unspecified atom stereocenters. The van der Waals surface area contributed by atoms with Gasteiger partial charge < -0.3 is 15.4 Å². The Morgan fingerprint density at radius 1 is 1.17 bits per heavy atom. The molecule has 2 heterocycles. The molecule has 1 amide bonds. The van der Waals surface area contributed by atoms with Crippen molar-refractivity contribution in [3.63, 3.8) is 0 Å². The number of rotatable bonds is 8. The number of amides is 1. The number of carbonyl (C=O) groups excluding carboxylic acids is 2. The second-order valence-corrected chi connectivity index (χ2v) is 7.47. The number of hydrogen-bond acceptors (Lipinski definition) is 5. The lowest BCUT2D eigenvalue weighted by Gasteiger charge is -2.22. The zero-order valence-electron chi connectivity index (χ0n) is 17.2. The Balaban J connectivity index is 1.68. The molecule has 0 saturated carbocycles. The number of ketones is 1. The number of nitrogens with one attached hydrogen (secondary N) is 2. The number of benzene rings is 1. The molecule has 0 atom stereocenters. The van der Waals surface area contributed by atoms with Crippen LogP contribution in [0.1, 0.15) is 42.7 Å². The third kappa shape index (κ3) is 5.95. The summed E-state index contributed by atoms with van der Waals surface area (Å²) < 4.78 is 5.36. The van der Waals surface area contributed by atoms with Crippen molar-refractivity contribution in [3.05, 3.63) is 47.8 Å². The van der Waals surface area contributed by atoms with Crippen molar-refractivity contribution in [3.8, 4) is 11.1 Å². The maximum absolute atomic E-state index is 12.4. The highest BCUT2D eigenvalue weighted by atomic mass is 16.5. The van der Waals surface area contributed by atoms with Gasteiger partial charge in [-0.05, 0) is 48.9 Å². The maximum atomic E-state index is 12.4. The average Bonchev–Trinajstić information content (AvgIpc) is 2.74. The highest BCUT2D eigenvalue weighted by molar-refractivity contribution is 6.03. The topological polar surface area (TPSA) is 80.3 Å². The minimum atomic E-state index is -0.180. The standard InChI is InChI=1S/C23H29N3O3/c1-3-17-5-4-6-19(11-17)20-12-21(23(16(2)27)25-14-20)26-22(28)15-24-13-18-7-9-29-10-8-18/h4-6,11-12,14,18,24H,3,7-10,13,15H2,1-2H3,(H,26,28). The van der Waals surface area contributed by atoms with Gasteiger partial charge >= 0.3 is 0 Å². The summed E-state index contributed by atoms with van der Waals surface area (Å²) in [6.07, 6.45) is 4.66. The first-order valence-electron chi connectivity index (χ1n) is 10.3. The Labute approximate surface area is 172 Å². The number of carbonyl (C=O) groups is 2. The van der Waals surface area contributed by atoms with Crippen LogP contribution in [0.5, 0.6) is 0 Å². The number of hydrogen-bond donors (Lipinski definition) is 2. The van der Waals surface area contributed by atoms with E-state index in [9.17, 15) is 9.59 Å². The lowest BCUT2D eigenvalue weighted by Crippen LogP contribution is -2.34. The van der Waals surface area contributed by atoms with Crippen molar-refractivity contribution in [2.45, 2.75) is 33.1 Å². The Bertz CT molecular complexity index is 860. The number of aromatic nitrogens is 1. The van der Waals surface area contributed by atoms with Gasteiger partial charge in [-0.2, -0.15) is 0 Å². The number of Topliss-reactive ketones (excluding diaryl/α,β-unsaturated/α-hetero) is 1. The van der Waals surface area contributed by atoms with Gasteiger partial charge in [-0.25, -0.2) is 0 Å². The first-order valence-corrected chi connectivity index (χ1v) is 10.3. The molecule has 1 aliphatic heterocycles. The van der Waals surface area contributed by atoms with Crippen molar-refractivity contribution in [1.82, 2.24) is 10.3 Å². The monoisotopic (exact) mass is 395 g/mol. The van der Waals surface area contributed by atoms with Gasteiger partial charge in [-0.1, -0.05) is 31.2 Å². The molecule has 1 aromatic carbocycles. The normalized spacial score (nSPS) is 14.6. The van der Waals surface area contributed by atoms with Crippen molar-refractivity contribution in [2.75, 3.05) is 31.6 Å². The van der Waals surface area contributed by atoms with Crippen LogP contribution in [0.15, 0.2) is 36.5 Å². The highest BCUT2D eigenvalue weighted by Gasteiger charge is 2.16. The Hall–Kier alpha value is -2.57. The summed E-state index contributed by atoms with van der Waals surface area (Å²) in [5.41, 5.74) is 3.84. The molecular weight excluding hydrogens is 366 g/mol. The second kappa shape index (κ2) is 10.3. The summed E-state index contributed by atoms with van der Waals surface area (Å²) in [6, 6.07) is 10.0. The summed E-state index contributed by atoms with van der Waals surface area (Å²) >= 11 is 0. The summed E-state index contributed by atoms with van der Waals surface area (Å²) in [7, 11) is 0. The molecule has 1 aromatic heterocycles. The predicted molar refractivity (Wildman–Crippen MR) is 114 cm³/mol. The fourth-order valence-electron chi connectivity index (χ4n) is 3.50. The van der Waals surface area contributed by atoms with E-state index in [1.807, 2.05) is 18.2 Å². The van der Waals surface area contributed by atoms with E-state index in [1.54, 1.807) is 6.20 Å². The summed E-state index contributed by atoms with van der Waals surface area (Å²) in [6.45, 7) is 6.13. The third-order valence-corrected chi connectivity index (χ3v) is 5.22. The molecule has 29 heavy (non-hydrogen) atoms. The van der Waals surface area contributed by atoms with Crippen LogP contribution in [0.3, 0.4) is 0 Å². The molecule has 0 radical (unpaired) electrons. The SMILES string of the molecule is CCc1cccc(-c2cnc(C(C)=O)c(NC(=O)CNCC3CCOCC3)c2)c1. The quantitative estimate of drug-likeness (QED) is 0.669. The first-order chi connectivity index (χ1) is 14.1. The fourth-order valence-corrected chi connectivity index (χ4v) is 3.50. The van der Waals surface area contributed by atoms with E-state index in [4.69, 9.17) is 4.74 Å².